The molecule has 0 radical (unpaired) electrons. The Labute approximate surface area is 224 Å². The topological polar surface area (TPSA) is 108 Å². The lowest BCUT2D eigenvalue weighted by Crippen LogP contribution is -2.48. The van der Waals surface area contributed by atoms with E-state index in [0.717, 1.165) is 25.7 Å². The second kappa shape index (κ2) is 18.1. The van der Waals surface area contributed by atoms with Crippen molar-refractivity contribution in [2.24, 2.45) is 0 Å². The van der Waals surface area contributed by atoms with Gasteiger partial charge in [0.15, 0.2) is 0 Å². The molecule has 216 valence electrons. The predicted octanol–water partition coefficient (Wildman–Crippen LogP) is 3.56. The number of rotatable bonds is 22. The standard InChI is InChI=1S/C15H26O6Si.C9H20O5Si/c1-12(2)19-22(20-13(3)4,21-14(5)6)18-9-7-8-16-10-15-11-17-15;1-10-15(11-2,12-3)6-4-5-13-7-9-8-14-9/h15H,1,3,5,7-11H2,2,4,6H3;9H,4-8H2,1-3H3. The van der Waals surface area contributed by atoms with Gasteiger partial charge in [-0.2, -0.15) is 0 Å². The maximum Gasteiger partial charge on any atom is 0.892 e. The van der Waals surface area contributed by atoms with E-state index >= 15 is 0 Å². The van der Waals surface area contributed by atoms with Gasteiger partial charge in [-0.1, -0.05) is 19.7 Å². The Bertz CT molecular complexity index is 631. The molecule has 0 N–H and O–H groups in total. The lowest BCUT2D eigenvalue weighted by atomic mass is 10.5. The zero-order valence-corrected chi connectivity index (χ0v) is 25.3. The Balaban J connectivity index is 0.000000397. The smallest absolute Gasteiger partial charge is 0.467 e. The molecular weight excluding hydrogens is 520 g/mol. The van der Waals surface area contributed by atoms with Crippen LogP contribution in [-0.4, -0.2) is 97.6 Å². The third-order valence-corrected chi connectivity index (χ3v) is 9.91. The molecule has 2 rings (SSSR count). The molecule has 2 heterocycles. The highest BCUT2D eigenvalue weighted by Crippen LogP contribution is 2.21. The minimum atomic E-state index is -3.43. The highest BCUT2D eigenvalue weighted by atomic mass is 28.4. The SMILES string of the molecule is C=C(C)O[Si](OCCCOCC1CO1)(OC(=C)C)OC(=C)C.CO[Si](CCCOCC1CO1)(OC)OC. The fraction of sp³-hybridized carbons (Fsp3) is 0.750. The van der Waals surface area contributed by atoms with Crippen LogP contribution in [0.1, 0.15) is 33.6 Å². The van der Waals surface area contributed by atoms with Gasteiger partial charge in [-0.3, -0.25) is 0 Å². The number of ether oxygens (including phenoxy) is 4. The van der Waals surface area contributed by atoms with Crippen molar-refractivity contribution in [1.29, 1.82) is 0 Å². The summed E-state index contributed by atoms with van der Waals surface area (Å²) in [4.78, 5) is 0. The minimum absolute atomic E-state index is 0.264. The normalized spacial score (nSPS) is 18.3. The molecular formula is C24H46O11Si2. The van der Waals surface area contributed by atoms with Gasteiger partial charge in [-0.25, -0.2) is 0 Å². The van der Waals surface area contributed by atoms with Gasteiger partial charge in [-0.05, 0) is 33.6 Å². The molecule has 0 aromatic heterocycles. The Hall–Kier alpha value is -1.27. The summed E-state index contributed by atoms with van der Waals surface area (Å²) in [6.07, 6.45) is 2.16. The van der Waals surface area contributed by atoms with E-state index in [-0.39, 0.29) is 6.10 Å². The molecule has 0 aromatic rings. The van der Waals surface area contributed by atoms with E-state index in [4.69, 9.17) is 49.9 Å². The fourth-order valence-corrected chi connectivity index (χ4v) is 6.52. The summed E-state index contributed by atoms with van der Waals surface area (Å²) >= 11 is 0. The molecule has 0 aromatic carbocycles. The van der Waals surface area contributed by atoms with Gasteiger partial charge in [0.05, 0.1) is 43.7 Å². The van der Waals surface area contributed by atoms with E-state index in [2.05, 4.69) is 19.7 Å². The Kier molecular flexibility index (Phi) is 16.5. The molecule has 37 heavy (non-hydrogen) atoms. The van der Waals surface area contributed by atoms with Crippen LogP contribution in [0.5, 0.6) is 0 Å². The maximum atomic E-state index is 5.76. The first kappa shape index (κ1) is 33.8. The number of allylic oxidation sites excluding steroid dienone is 3. The molecule has 13 heteroatoms. The Morgan fingerprint density at radius 1 is 0.703 bits per heavy atom. The monoisotopic (exact) mass is 566 g/mol. The zero-order chi connectivity index (χ0) is 27.7. The maximum absolute atomic E-state index is 5.76. The van der Waals surface area contributed by atoms with Crippen molar-refractivity contribution in [2.45, 2.75) is 51.9 Å². The zero-order valence-electron chi connectivity index (χ0n) is 23.3. The van der Waals surface area contributed by atoms with E-state index in [1.807, 2.05) is 0 Å². The Morgan fingerprint density at radius 3 is 1.46 bits per heavy atom. The van der Waals surface area contributed by atoms with Crippen molar-refractivity contribution in [3.63, 3.8) is 0 Å². The van der Waals surface area contributed by atoms with Crippen LogP contribution in [0.2, 0.25) is 6.04 Å². The van der Waals surface area contributed by atoms with E-state index < -0.39 is 17.9 Å². The van der Waals surface area contributed by atoms with E-state index in [1.165, 1.54) is 0 Å². The second-order valence-electron chi connectivity index (χ2n) is 8.57. The van der Waals surface area contributed by atoms with Crippen LogP contribution in [0.15, 0.2) is 37.0 Å². The third-order valence-electron chi connectivity index (χ3n) is 4.73. The van der Waals surface area contributed by atoms with Crippen LogP contribution in [0.4, 0.5) is 0 Å². The average Bonchev–Trinajstić information content (AvgIpc) is 3.74. The first-order chi connectivity index (χ1) is 17.6. The Morgan fingerprint density at radius 2 is 1.11 bits per heavy atom. The molecule has 0 amide bonds. The number of hydrogen-bond acceptors (Lipinski definition) is 11. The van der Waals surface area contributed by atoms with E-state index in [9.17, 15) is 0 Å². The second-order valence-corrected chi connectivity index (χ2v) is 13.6. The van der Waals surface area contributed by atoms with Crippen LogP contribution in [0.25, 0.3) is 0 Å². The summed E-state index contributed by atoms with van der Waals surface area (Å²) in [6, 6.07) is 0.780. The fourth-order valence-electron chi connectivity index (χ4n) is 2.85. The van der Waals surface area contributed by atoms with Gasteiger partial charge in [-0.15, -0.1) is 0 Å². The lowest BCUT2D eigenvalue weighted by Gasteiger charge is -2.28. The van der Waals surface area contributed by atoms with Gasteiger partial charge >= 0.3 is 17.9 Å². The first-order valence-electron chi connectivity index (χ1n) is 12.3. The molecule has 0 saturated carbocycles. The van der Waals surface area contributed by atoms with Crippen molar-refractivity contribution >= 4 is 17.9 Å². The molecule has 2 atom stereocenters. The quantitative estimate of drug-likeness (QED) is 0.0830. The van der Waals surface area contributed by atoms with Gasteiger partial charge in [0.2, 0.25) is 0 Å². The predicted molar refractivity (Wildman–Crippen MR) is 141 cm³/mol. The molecule has 11 nitrogen and oxygen atoms in total. The molecule has 2 saturated heterocycles. The van der Waals surface area contributed by atoms with Crippen molar-refractivity contribution < 1.29 is 49.9 Å². The summed E-state index contributed by atoms with van der Waals surface area (Å²) in [7, 11) is -0.954. The van der Waals surface area contributed by atoms with E-state index in [1.54, 1.807) is 42.1 Å². The highest BCUT2D eigenvalue weighted by Gasteiger charge is 2.54. The van der Waals surface area contributed by atoms with Gasteiger partial charge in [0.1, 0.15) is 12.2 Å². The molecule has 0 bridgehead atoms. The van der Waals surface area contributed by atoms with Gasteiger partial charge < -0.3 is 49.9 Å². The van der Waals surface area contributed by atoms with Crippen molar-refractivity contribution in [3.05, 3.63) is 37.0 Å². The number of hydrogen-bond donors (Lipinski definition) is 0. The third kappa shape index (κ3) is 16.3. The van der Waals surface area contributed by atoms with Crippen LogP contribution >= 0.6 is 0 Å². The minimum Gasteiger partial charge on any atom is -0.467 e. The van der Waals surface area contributed by atoms with E-state index in [0.29, 0.717) is 62.8 Å². The van der Waals surface area contributed by atoms with Crippen LogP contribution < -0.4 is 0 Å². The largest absolute Gasteiger partial charge is 0.892 e. The van der Waals surface area contributed by atoms with Crippen molar-refractivity contribution in [1.82, 2.24) is 0 Å². The van der Waals surface area contributed by atoms with Crippen LogP contribution in [0, 0.1) is 0 Å². The first-order valence-corrected chi connectivity index (χ1v) is 15.9. The molecule has 2 unspecified atom stereocenters. The molecule has 2 aliphatic rings. The van der Waals surface area contributed by atoms with Crippen LogP contribution in [-0.2, 0) is 49.9 Å². The van der Waals surface area contributed by atoms with Gasteiger partial charge in [0, 0.05) is 47.2 Å². The summed E-state index contributed by atoms with van der Waals surface area (Å²) in [5.74, 6) is 1.32. The van der Waals surface area contributed by atoms with Crippen LogP contribution in [0.3, 0.4) is 0 Å². The van der Waals surface area contributed by atoms with Crippen molar-refractivity contribution in [3.8, 4) is 0 Å². The summed E-state index contributed by atoms with van der Waals surface area (Å²) in [6.45, 7) is 20.8. The van der Waals surface area contributed by atoms with Crippen molar-refractivity contribution in [2.75, 3.05) is 67.6 Å². The molecule has 2 fully saturated rings. The lowest BCUT2D eigenvalue weighted by molar-refractivity contribution is 0.0133. The summed E-state index contributed by atoms with van der Waals surface area (Å²) < 4.78 is 59.4. The molecule has 0 spiro atoms. The highest BCUT2D eigenvalue weighted by molar-refractivity contribution is 6.60. The molecule has 2 aliphatic heterocycles. The average molecular weight is 567 g/mol. The number of epoxide rings is 2. The molecule has 0 aliphatic carbocycles. The summed E-state index contributed by atoms with van der Waals surface area (Å²) in [5.41, 5.74) is 0. The van der Waals surface area contributed by atoms with Gasteiger partial charge in [0.25, 0.3) is 0 Å². The summed E-state index contributed by atoms with van der Waals surface area (Å²) in [5, 5.41) is 0.